The van der Waals surface area contributed by atoms with Gasteiger partial charge in [0.25, 0.3) is 0 Å². The Labute approximate surface area is 92.0 Å². The molecule has 6 nitrogen and oxygen atoms in total. The van der Waals surface area contributed by atoms with Gasteiger partial charge in [0.1, 0.15) is 12.1 Å². The van der Waals surface area contributed by atoms with E-state index in [0.29, 0.717) is 0 Å². The molecule has 16 heavy (non-hydrogen) atoms. The molecule has 0 saturated heterocycles. The highest BCUT2D eigenvalue weighted by atomic mass is 16.5. The van der Waals surface area contributed by atoms with Crippen LogP contribution in [0.4, 0.5) is 0 Å². The molecule has 0 rings (SSSR count). The van der Waals surface area contributed by atoms with Crippen molar-refractivity contribution in [3.63, 3.8) is 0 Å². The average molecular weight is 220 g/mol. The fourth-order valence-corrected chi connectivity index (χ4v) is 0.649. The van der Waals surface area contributed by atoms with Gasteiger partial charge in [-0.2, -0.15) is 10.5 Å². The predicted molar refractivity (Wildman–Crippen MR) is 50.9 cm³/mol. The molecule has 0 aliphatic rings. The van der Waals surface area contributed by atoms with Crippen LogP contribution in [-0.4, -0.2) is 11.9 Å². The third-order valence-electron chi connectivity index (χ3n) is 1.11. The molecule has 0 radical (unpaired) electrons. The van der Waals surface area contributed by atoms with Crippen molar-refractivity contribution in [2.45, 2.75) is 13.8 Å². The summed E-state index contributed by atoms with van der Waals surface area (Å²) in [4.78, 5) is 21.0. The van der Waals surface area contributed by atoms with E-state index in [1.807, 2.05) is 0 Å². The first-order valence-electron chi connectivity index (χ1n) is 4.08. The molecule has 0 amide bonds. The van der Waals surface area contributed by atoms with Gasteiger partial charge in [-0.3, -0.25) is 9.59 Å². The van der Waals surface area contributed by atoms with E-state index in [0.717, 1.165) is 26.0 Å². The first kappa shape index (κ1) is 13.4. The topological polar surface area (TPSA) is 100 Å². The monoisotopic (exact) mass is 220 g/mol. The van der Waals surface area contributed by atoms with Crippen molar-refractivity contribution < 1.29 is 19.1 Å². The van der Waals surface area contributed by atoms with Gasteiger partial charge < -0.3 is 9.47 Å². The third kappa shape index (κ3) is 5.95. The van der Waals surface area contributed by atoms with Gasteiger partial charge in [0.15, 0.2) is 0 Å². The summed E-state index contributed by atoms with van der Waals surface area (Å²) in [6.45, 7) is 2.26. The molecular formula is C10H8N2O4. The molecule has 0 heterocycles. The Balaban J connectivity index is 4.80. The van der Waals surface area contributed by atoms with E-state index < -0.39 is 11.9 Å². The lowest BCUT2D eigenvalue weighted by Crippen LogP contribution is -1.98. The van der Waals surface area contributed by atoms with E-state index >= 15 is 0 Å². The second kappa shape index (κ2) is 6.80. The molecule has 0 unspecified atom stereocenters. The van der Waals surface area contributed by atoms with E-state index in [1.165, 1.54) is 0 Å². The number of carbonyl (C=O) groups excluding carboxylic acids is 2. The minimum absolute atomic E-state index is 0.299. The highest BCUT2D eigenvalue weighted by Crippen LogP contribution is 2.01. The van der Waals surface area contributed by atoms with Crippen molar-refractivity contribution in [3.05, 3.63) is 23.7 Å². The lowest BCUT2D eigenvalue weighted by molar-refractivity contribution is -0.137. The van der Waals surface area contributed by atoms with Gasteiger partial charge in [-0.1, -0.05) is 0 Å². The SMILES string of the molecule is CC(=O)O/C(C#N)=C\C=C(/C#N)OC(C)=O. The summed E-state index contributed by atoms with van der Waals surface area (Å²) < 4.78 is 8.93. The molecule has 0 aromatic carbocycles. The summed E-state index contributed by atoms with van der Waals surface area (Å²) in [6.07, 6.45) is 2.12. The van der Waals surface area contributed by atoms with Crippen molar-refractivity contribution in [3.8, 4) is 12.1 Å². The van der Waals surface area contributed by atoms with Gasteiger partial charge in [-0.05, 0) is 12.2 Å². The number of hydrogen-bond donors (Lipinski definition) is 0. The maximum atomic E-state index is 10.5. The quantitative estimate of drug-likeness (QED) is 0.303. The second-order valence-corrected chi connectivity index (χ2v) is 2.47. The highest BCUT2D eigenvalue weighted by Gasteiger charge is 2.02. The number of nitriles is 2. The van der Waals surface area contributed by atoms with Crippen LogP contribution in [0.15, 0.2) is 23.7 Å². The fraction of sp³-hybridized carbons (Fsp3) is 0.200. The number of carbonyl (C=O) groups is 2. The van der Waals surface area contributed by atoms with Crippen LogP contribution in [0.2, 0.25) is 0 Å². The Morgan fingerprint density at radius 2 is 1.25 bits per heavy atom. The molecule has 0 saturated carbocycles. The molecule has 0 aliphatic carbocycles. The van der Waals surface area contributed by atoms with Crippen molar-refractivity contribution >= 4 is 11.9 Å². The van der Waals surface area contributed by atoms with Crippen LogP contribution < -0.4 is 0 Å². The zero-order chi connectivity index (χ0) is 12.6. The normalized spacial score (nSPS) is 11.0. The lowest BCUT2D eigenvalue weighted by atomic mass is 10.4. The Hall–Kier alpha value is -2.60. The molecule has 0 aromatic heterocycles. The van der Waals surface area contributed by atoms with Crippen LogP contribution in [0.25, 0.3) is 0 Å². The lowest BCUT2D eigenvalue weighted by Gasteiger charge is -1.97. The van der Waals surface area contributed by atoms with Crippen LogP contribution in [-0.2, 0) is 19.1 Å². The largest absolute Gasteiger partial charge is 0.415 e. The van der Waals surface area contributed by atoms with Gasteiger partial charge in [0.05, 0.1) is 0 Å². The summed E-state index contributed by atoms with van der Waals surface area (Å²) in [6, 6.07) is 3.18. The number of esters is 2. The smallest absolute Gasteiger partial charge is 0.308 e. The number of nitrogens with zero attached hydrogens (tertiary/aromatic N) is 2. The molecule has 0 atom stereocenters. The van der Waals surface area contributed by atoms with Crippen molar-refractivity contribution in [2.24, 2.45) is 0 Å². The Morgan fingerprint density at radius 3 is 1.44 bits per heavy atom. The van der Waals surface area contributed by atoms with E-state index in [4.69, 9.17) is 10.5 Å². The van der Waals surface area contributed by atoms with Gasteiger partial charge in [-0.15, -0.1) is 0 Å². The Morgan fingerprint density at radius 1 is 0.938 bits per heavy atom. The second-order valence-electron chi connectivity index (χ2n) is 2.47. The van der Waals surface area contributed by atoms with Gasteiger partial charge in [0, 0.05) is 13.8 Å². The van der Waals surface area contributed by atoms with E-state index in [1.54, 1.807) is 12.1 Å². The molecule has 6 heteroatoms. The molecule has 82 valence electrons. The average Bonchev–Trinajstić information content (AvgIpc) is 2.20. The minimum atomic E-state index is -0.660. The maximum Gasteiger partial charge on any atom is 0.308 e. The summed E-state index contributed by atoms with van der Waals surface area (Å²) >= 11 is 0. The van der Waals surface area contributed by atoms with Crippen molar-refractivity contribution in [1.29, 1.82) is 10.5 Å². The summed E-state index contributed by atoms with van der Waals surface area (Å²) in [7, 11) is 0. The fourth-order valence-electron chi connectivity index (χ4n) is 0.649. The van der Waals surface area contributed by atoms with Crippen molar-refractivity contribution in [2.75, 3.05) is 0 Å². The standard InChI is InChI=1S/C10H8N2O4/c1-7(13)15-9(5-11)3-4-10(6-12)16-8(2)14/h3-4H,1-2H3/b9-3-,10-4+. The Kier molecular flexibility index (Phi) is 5.69. The van der Waals surface area contributed by atoms with Gasteiger partial charge >= 0.3 is 11.9 Å². The summed E-state index contributed by atoms with van der Waals surface area (Å²) in [5.74, 6) is -1.92. The minimum Gasteiger partial charge on any atom is -0.415 e. The first-order valence-corrected chi connectivity index (χ1v) is 4.08. The van der Waals surface area contributed by atoms with E-state index in [-0.39, 0.29) is 11.5 Å². The molecular weight excluding hydrogens is 212 g/mol. The van der Waals surface area contributed by atoms with E-state index in [2.05, 4.69) is 9.47 Å². The summed E-state index contributed by atoms with van der Waals surface area (Å²) in [5, 5.41) is 17.1. The zero-order valence-electron chi connectivity index (χ0n) is 8.68. The molecule has 0 spiro atoms. The predicted octanol–water partition coefficient (Wildman–Crippen LogP) is 0.928. The van der Waals surface area contributed by atoms with Crippen LogP contribution in [0.5, 0.6) is 0 Å². The van der Waals surface area contributed by atoms with Crippen molar-refractivity contribution in [1.82, 2.24) is 0 Å². The first-order chi connectivity index (χ1) is 7.49. The molecule has 0 fully saturated rings. The number of allylic oxidation sites excluding steroid dienone is 4. The molecule has 0 aromatic rings. The van der Waals surface area contributed by atoms with Crippen LogP contribution in [0.1, 0.15) is 13.8 Å². The van der Waals surface area contributed by atoms with Crippen LogP contribution in [0.3, 0.4) is 0 Å². The molecule has 0 aliphatic heterocycles. The zero-order valence-corrected chi connectivity index (χ0v) is 8.68. The highest BCUT2D eigenvalue weighted by molar-refractivity contribution is 5.68. The van der Waals surface area contributed by atoms with Gasteiger partial charge in [0.2, 0.25) is 11.5 Å². The van der Waals surface area contributed by atoms with E-state index in [9.17, 15) is 9.59 Å². The Bertz CT molecular complexity index is 393. The van der Waals surface area contributed by atoms with Crippen LogP contribution >= 0.6 is 0 Å². The van der Waals surface area contributed by atoms with Crippen LogP contribution in [0, 0.1) is 22.7 Å². The summed E-state index contributed by atoms with van der Waals surface area (Å²) in [5.41, 5.74) is 0. The number of hydrogen-bond acceptors (Lipinski definition) is 6. The van der Waals surface area contributed by atoms with Gasteiger partial charge in [-0.25, -0.2) is 0 Å². The molecule has 0 bridgehead atoms. The third-order valence-corrected chi connectivity index (χ3v) is 1.11. The molecule has 0 N–H and O–H groups in total. The number of rotatable bonds is 3. The maximum absolute atomic E-state index is 10.5. The number of ether oxygens (including phenoxy) is 2.